The standard InChI is InChI=1S/C25H27FN2O6/c26-15-22(29)20(14-23(30)31)27-24(32)21-11-4-5-12-28(21)25(33)34-16-17-7-6-10-19(13-17)18-8-2-1-3-9-18/h1-3,6-10,13,20-21H,4-5,11-12,14-16H2,(H,27,32)(H,30,31)/t20?,21-/m0/s1. The number of amides is 2. The van der Waals surface area contributed by atoms with Gasteiger partial charge in [0.25, 0.3) is 0 Å². The van der Waals surface area contributed by atoms with Crippen molar-refractivity contribution in [2.24, 2.45) is 0 Å². The van der Waals surface area contributed by atoms with Gasteiger partial charge in [-0.2, -0.15) is 0 Å². The molecule has 1 aliphatic rings. The van der Waals surface area contributed by atoms with Gasteiger partial charge >= 0.3 is 12.1 Å². The number of Topliss-reactive ketones (excluding diaryl/α,β-unsaturated/α-hetero) is 1. The molecule has 2 atom stereocenters. The maximum absolute atomic E-state index is 12.8. The number of rotatable bonds is 9. The summed E-state index contributed by atoms with van der Waals surface area (Å²) in [4.78, 5) is 49.5. The van der Waals surface area contributed by atoms with Gasteiger partial charge in [-0.1, -0.05) is 48.5 Å². The zero-order valence-corrected chi connectivity index (χ0v) is 18.6. The Morgan fingerprint density at radius 1 is 1.06 bits per heavy atom. The van der Waals surface area contributed by atoms with Crippen LogP contribution in [-0.4, -0.2) is 59.1 Å². The lowest BCUT2D eigenvalue weighted by atomic mass is 10.0. The predicted molar refractivity (Wildman–Crippen MR) is 122 cm³/mol. The number of carbonyl (C=O) groups is 4. The SMILES string of the molecule is O=C(O)CC(NC(=O)[C@@H]1CCCCN1C(=O)OCc1cccc(-c2ccccc2)c1)C(=O)CF. The molecule has 1 saturated heterocycles. The Morgan fingerprint density at radius 2 is 1.79 bits per heavy atom. The minimum absolute atomic E-state index is 0.00627. The molecule has 2 N–H and O–H groups in total. The first-order chi connectivity index (χ1) is 16.4. The molecule has 2 aromatic carbocycles. The molecule has 0 saturated carbocycles. The van der Waals surface area contributed by atoms with E-state index in [4.69, 9.17) is 9.84 Å². The Morgan fingerprint density at radius 3 is 2.50 bits per heavy atom. The number of likely N-dealkylation sites (tertiary alicyclic amines) is 1. The summed E-state index contributed by atoms with van der Waals surface area (Å²) in [6.07, 6.45) is 0.250. The van der Waals surface area contributed by atoms with E-state index in [-0.39, 0.29) is 13.2 Å². The summed E-state index contributed by atoms with van der Waals surface area (Å²) in [6, 6.07) is 14.9. The van der Waals surface area contributed by atoms with Crippen LogP contribution in [0.2, 0.25) is 0 Å². The van der Waals surface area contributed by atoms with E-state index in [9.17, 15) is 23.6 Å². The summed E-state index contributed by atoms with van der Waals surface area (Å²) in [6.45, 7) is -1.11. The first-order valence-corrected chi connectivity index (χ1v) is 11.1. The maximum Gasteiger partial charge on any atom is 0.410 e. The minimum atomic E-state index is -1.49. The van der Waals surface area contributed by atoms with E-state index in [2.05, 4.69) is 5.32 Å². The highest BCUT2D eigenvalue weighted by molar-refractivity contribution is 5.94. The number of carboxylic acids is 1. The molecular formula is C25H27FN2O6. The van der Waals surface area contributed by atoms with E-state index >= 15 is 0 Å². The predicted octanol–water partition coefficient (Wildman–Crippen LogP) is 3.34. The Hall–Kier alpha value is -3.75. The van der Waals surface area contributed by atoms with Gasteiger partial charge in [0.1, 0.15) is 25.4 Å². The number of piperidine rings is 1. The third-order valence-corrected chi connectivity index (χ3v) is 5.65. The fourth-order valence-corrected chi connectivity index (χ4v) is 3.90. The molecule has 1 heterocycles. The van der Waals surface area contributed by atoms with E-state index in [0.29, 0.717) is 19.3 Å². The number of ether oxygens (including phenoxy) is 1. The first-order valence-electron chi connectivity index (χ1n) is 11.1. The Balaban J connectivity index is 1.64. The lowest BCUT2D eigenvalue weighted by Crippen LogP contribution is -2.55. The van der Waals surface area contributed by atoms with Gasteiger partial charge in [-0.05, 0) is 42.0 Å². The number of hydrogen-bond acceptors (Lipinski definition) is 5. The molecule has 0 radical (unpaired) electrons. The summed E-state index contributed by atoms with van der Waals surface area (Å²) in [7, 11) is 0. The Bertz CT molecular complexity index is 1030. The van der Waals surface area contributed by atoms with Crippen LogP contribution in [0.1, 0.15) is 31.2 Å². The number of ketones is 1. The number of alkyl halides is 1. The number of carboxylic acid groups (broad SMARTS) is 1. The zero-order valence-electron chi connectivity index (χ0n) is 18.6. The fraction of sp³-hybridized carbons (Fsp3) is 0.360. The monoisotopic (exact) mass is 470 g/mol. The van der Waals surface area contributed by atoms with Crippen molar-refractivity contribution in [2.75, 3.05) is 13.2 Å². The summed E-state index contributed by atoms with van der Waals surface area (Å²) < 4.78 is 18.3. The topological polar surface area (TPSA) is 113 Å². The van der Waals surface area contributed by atoms with Crippen molar-refractivity contribution in [2.45, 2.75) is 44.4 Å². The molecule has 2 aromatic rings. The number of hydrogen-bond donors (Lipinski definition) is 2. The molecule has 2 amide bonds. The average Bonchev–Trinajstić information content (AvgIpc) is 2.86. The molecule has 0 bridgehead atoms. The summed E-state index contributed by atoms with van der Waals surface area (Å²) in [5.41, 5.74) is 2.79. The molecule has 180 valence electrons. The summed E-state index contributed by atoms with van der Waals surface area (Å²) in [5.74, 6) is -3.07. The number of halogens is 1. The number of nitrogens with zero attached hydrogens (tertiary/aromatic N) is 1. The van der Waals surface area contributed by atoms with Crippen LogP contribution in [0.15, 0.2) is 54.6 Å². The molecule has 0 spiro atoms. The van der Waals surface area contributed by atoms with Crippen LogP contribution < -0.4 is 5.32 Å². The van der Waals surface area contributed by atoms with Crippen molar-refractivity contribution in [1.82, 2.24) is 10.2 Å². The van der Waals surface area contributed by atoms with Crippen molar-refractivity contribution in [1.29, 1.82) is 0 Å². The minimum Gasteiger partial charge on any atom is -0.481 e. The van der Waals surface area contributed by atoms with E-state index in [1.54, 1.807) is 0 Å². The summed E-state index contributed by atoms with van der Waals surface area (Å²) >= 11 is 0. The molecular weight excluding hydrogens is 443 g/mol. The molecule has 0 aromatic heterocycles. The third kappa shape index (κ3) is 6.63. The number of carbonyl (C=O) groups excluding carboxylic acids is 3. The van der Waals surface area contributed by atoms with Gasteiger partial charge in [0, 0.05) is 6.54 Å². The molecule has 3 rings (SSSR count). The van der Waals surface area contributed by atoms with Crippen molar-refractivity contribution in [3.63, 3.8) is 0 Å². The van der Waals surface area contributed by atoms with Crippen LogP contribution in [0.25, 0.3) is 11.1 Å². The van der Waals surface area contributed by atoms with E-state index in [0.717, 1.165) is 16.7 Å². The number of aliphatic carboxylic acids is 1. The fourth-order valence-electron chi connectivity index (χ4n) is 3.90. The molecule has 9 heteroatoms. The lowest BCUT2D eigenvalue weighted by Gasteiger charge is -2.34. The van der Waals surface area contributed by atoms with Crippen molar-refractivity contribution in [3.8, 4) is 11.1 Å². The zero-order chi connectivity index (χ0) is 24.5. The van der Waals surface area contributed by atoms with Crippen LogP contribution in [0.5, 0.6) is 0 Å². The first kappa shape index (κ1) is 24.9. The molecule has 34 heavy (non-hydrogen) atoms. The van der Waals surface area contributed by atoms with Crippen LogP contribution >= 0.6 is 0 Å². The molecule has 8 nitrogen and oxygen atoms in total. The van der Waals surface area contributed by atoms with Gasteiger partial charge in [-0.25, -0.2) is 9.18 Å². The van der Waals surface area contributed by atoms with Gasteiger partial charge in [0.15, 0.2) is 5.78 Å². The van der Waals surface area contributed by atoms with Crippen molar-refractivity contribution >= 4 is 23.8 Å². The van der Waals surface area contributed by atoms with Crippen molar-refractivity contribution in [3.05, 3.63) is 60.2 Å². The van der Waals surface area contributed by atoms with Gasteiger partial charge in [0.05, 0.1) is 6.42 Å². The highest BCUT2D eigenvalue weighted by atomic mass is 19.1. The second kappa shape index (κ2) is 11.9. The van der Waals surface area contributed by atoms with E-state index in [1.807, 2.05) is 54.6 Å². The Labute approximate surface area is 196 Å². The highest BCUT2D eigenvalue weighted by Crippen LogP contribution is 2.22. The third-order valence-electron chi connectivity index (χ3n) is 5.65. The molecule has 1 unspecified atom stereocenters. The molecule has 1 aliphatic heterocycles. The largest absolute Gasteiger partial charge is 0.481 e. The van der Waals surface area contributed by atoms with E-state index < -0.39 is 48.9 Å². The van der Waals surface area contributed by atoms with Crippen molar-refractivity contribution < 1.29 is 33.4 Å². The second-order valence-corrected chi connectivity index (χ2v) is 8.08. The Kier molecular flexibility index (Phi) is 8.73. The summed E-state index contributed by atoms with van der Waals surface area (Å²) in [5, 5.41) is 11.2. The quantitative estimate of drug-likeness (QED) is 0.581. The number of nitrogens with one attached hydrogen (secondary N) is 1. The van der Waals surface area contributed by atoms with Gasteiger partial charge in [-0.15, -0.1) is 0 Å². The number of benzene rings is 2. The molecule has 0 aliphatic carbocycles. The van der Waals surface area contributed by atoms with Gasteiger partial charge < -0.3 is 15.2 Å². The normalized spacial score (nSPS) is 16.4. The molecule has 1 fully saturated rings. The van der Waals surface area contributed by atoms with Crippen LogP contribution in [-0.2, 0) is 25.7 Å². The lowest BCUT2D eigenvalue weighted by molar-refractivity contribution is -0.140. The van der Waals surface area contributed by atoms with E-state index in [1.165, 1.54) is 4.90 Å². The van der Waals surface area contributed by atoms with Crippen LogP contribution in [0, 0.1) is 0 Å². The smallest absolute Gasteiger partial charge is 0.410 e. The van der Waals surface area contributed by atoms with Crippen LogP contribution in [0.4, 0.5) is 9.18 Å². The average molecular weight is 470 g/mol. The highest BCUT2D eigenvalue weighted by Gasteiger charge is 2.35. The van der Waals surface area contributed by atoms with Gasteiger partial charge in [0.2, 0.25) is 5.91 Å². The van der Waals surface area contributed by atoms with Crippen LogP contribution in [0.3, 0.4) is 0 Å². The maximum atomic E-state index is 12.8. The van der Waals surface area contributed by atoms with Gasteiger partial charge in [-0.3, -0.25) is 19.3 Å². The second-order valence-electron chi connectivity index (χ2n) is 8.08.